The highest BCUT2D eigenvalue weighted by Gasteiger charge is 2.29. The molecule has 1 aromatic rings. The molecule has 0 radical (unpaired) electrons. The number of H-pyrrole nitrogens is 1. The molecule has 2 N–H and O–H groups in total. The summed E-state index contributed by atoms with van der Waals surface area (Å²) in [5, 5.41) is 9.74. The van der Waals surface area contributed by atoms with Crippen LogP contribution in [0.3, 0.4) is 0 Å². The van der Waals surface area contributed by atoms with Crippen LogP contribution in [0.1, 0.15) is 12.0 Å². The summed E-state index contributed by atoms with van der Waals surface area (Å²) in [5.74, 6) is -0.482. The van der Waals surface area contributed by atoms with E-state index in [2.05, 4.69) is 4.98 Å². The number of aromatic hydroxyl groups is 1. The molecule has 7 nitrogen and oxygen atoms in total. The minimum absolute atomic E-state index is 0.0110. The van der Waals surface area contributed by atoms with Crippen molar-refractivity contribution in [2.45, 2.75) is 19.9 Å². The molecule has 0 aliphatic carbocycles. The minimum Gasteiger partial charge on any atom is -0.494 e. The third kappa shape index (κ3) is 2.33. The molecule has 1 fully saturated rings. The lowest BCUT2D eigenvalue weighted by Gasteiger charge is -2.12. The molecule has 18 heavy (non-hydrogen) atoms. The van der Waals surface area contributed by atoms with Gasteiger partial charge in [-0.15, -0.1) is 0 Å². The van der Waals surface area contributed by atoms with Gasteiger partial charge in [-0.2, -0.15) is 0 Å². The Morgan fingerprint density at radius 2 is 2.11 bits per heavy atom. The molecule has 100 valence electrons. The summed E-state index contributed by atoms with van der Waals surface area (Å²) in [4.78, 5) is 24.9. The number of hydrogen-bond acceptors (Lipinski definition) is 5. The van der Waals surface area contributed by atoms with Crippen LogP contribution in [0.15, 0.2) is 9.59 Å². The molecule has 0 saturated carbocycles. The first kappa shape index (κ1) is 12.9. The Balaban J connectivity index is 2.34. The molecular weight excluding hydrogens is 260 g/mol. The third-order valence-corrected chi connectivity index (χ3v) is 5.00. The number of aromatic amines is 1. The average Bonchev–Trinajstić information content (AvgIpc) is 2.61. The first-order valence-corrected chi connectivity index (χ1v) is 7.35. The number of hydrogen-bond donors (Lipinski definition) is 2. The highest BCUT2D eigenvalue weighted by Crippen LogP contribution is 2.21. The second-order valence-corrected chi connectivity index (χ2v) is 6.82. The Morgan fingerprint density at radius 3 is 2.67 bits per heavy atom. The van der Waals surface area contributed by atoms with E-state index in [1.54, 1.807) is 0 Å². The van der Waals surface area contributed by atoms with E-state index < -0.39 is 27.0 Å². The van der Waals surface area contributed by atoms with Crippen LogP contribution >= 0.6 is 0 Å². The van der Waals surface area contributed by atoms with Gasteiger partial charge in [0.25, 0.3) is 5.56 Å². The van der Waals surface area contributed by atoms with Crippen LogP contribution < -0.4 is 11.2 Å². The molecule has 1 atom stereocenters. The summed E-state index contributed by atoms with van der Waals surface area (Å²) >= 11 is 0. The lowest BCUT2D eigenvalue weighted by molar-refractivity contribution is 0.366. The van der Waals surface area contributed by atoms with Gasteiger partial charge in [0, 0.05) is 6.54 Å². The number of aromatic nitrogens is 2. The van der Waals surface area contributed by atoms with Gasteiger partial charge < -0.3 is 5.11 Å². The zero-order valence-electron chi connectivity index (χ0n) is 9.84. The first-order chi connectivity index (χ1) is 8.30. The van der Waals surface area contributed by atoms with E-state index in [1.807, 2.05) is 0 Å². The van der Waals surface area contributed by atoms with E-state index in [1.165, 1.54) is 6.92 Å². The fourth-order valence-electron chi connectivity index (χ4n) is 2.10. The lowest BCUT2D eigenvalue weighted by atomic mass is 10.1. The smallest absolute Gasteiger partial charge is 0.331 e. The zero-order chi connectivity index (χ0) is 13.5. The van der Waals surface area contributed by atoms with Crippen LogP contribution in [0.4, 0.5) is 0 Å². The van der Waals surface area contributed by atoms with Gasteiger partial charge in [0.1, 0.15) is 0 Å². The van der Waals surface area contributed by atoms with Gasteiger partial charge in [-0.3, -0.25) is 14.3 Å². The van der Waals surface area contributed by atoms with Gasteiger partial charge in [-0.1, -0.05) is 0 Å². The van der Waals surface area contributed by atoms with Crippen molar-refractivity contribution in [2.24, 2.45) is 5.92 Å². The first-order valence-electron chi connectivity index (χ1n) is 5.53. The summed E-state index contributed by atoms with van der Waals surface area (Å²) < 4.78 is 23.6. The van der Waals surface area contributed by atoms with E-state index in [9.17, 15) is 23.1 Å². The fraction of sp³-hybridized carbons (Fsp3) is 0.600. The van der Waals surface area contributed by atoms with Crippen molar-refractivity contribution in [3.05, 3.63) is 26.4 Å². The molecule has 0 spiro atoms. The number of rotatable bonds is 2. The molecule has 1 aromatic heterocycles. The van der Waals surface area contributed by atoms with Crippen molar-refractivity contribution < 1.29 is 13.5 Å². The summed E-state index contributed by atoms with van der Waals surface area (Å²) in [7, 11) is -3.03. The summed E-state index contributed by atoms with van der Waals surface area (Å²) in [6.45, 7) is 1.50. The fourth-order valence-corrected chi connectivity index (χ4v) is 3.95. The SMILES string of the molecule is Cc1c(O)n(CC2CCS(=O)(=O)C2)c(=O)[nH]c1=O. The lowest BCUT2D eigenvalue weighted by Crippen LogP contribution is -2.33. The van der Waals surface area contributed by atoms with Crippen molar-refractivity contribution in [1.82, 2.24) is 9.55 Å². The molecule has 0 bridgehead atoms. The number of sulfone groups is 1. The Kier molecular flexibility index (Phi) is 3.05. The van der Waals surface area contributed by atoms with E-state index in [4.69, 9.17) is 0 Å². The maximum Gasteiger partial charge on any atom is 0.331 e. The number of nitrogens with zero attached hydrogens (tertiary/aromatic N) is 1. The number of nitrogens with one attached hydrogen (secondary N) is 1. The monoisotopic (exact) mass is 274 g/mol. The highest BCUT2D eigenvalue weighted by atomic mass is 32.2. The van der Waals surface area contributed by atoms with Crippen LogP contribution in [0.2, 0.25) is 0 Å². The minimum atomic E-state index is -3.03. The molecule has 0 aromatic carbocycles. The van der Waals surface area contributed by atoms with Gasteiger partial charge in [0.15, 0.2) is 9.84 Å². The largest absolute Gasteiger partial charge is 0.494 e. The summed E-state index contributed by atoms with van der Waals surface area (Å²) in [6.07, 6.45) is 0.465. The zero-order valence-corrected chi connectivity index (χ0v) is 10.7. The molecule has 1 saturated heterocycles. The van der Waals surface area contributed by atoms with Crippen LogP contribution in [0, 0.1) is 12.8 Å². The molecule has 1 aliphatic heterocycles. The average molecular weight is 274 g/mol. The van der Waals surface area contributed by atoms with E-state index in [0.717, 1.165) is 4.57 Å². The Hall–Kier alpha value is -1.57. The maximum atomic E-state index is 11.6. The van der Waals surface area contributed by atoms with Crippen molar-refractivity contribution >= 4 is 9.84 Å². The van der Waals surface area contributed by atoms with E-state index in [-0.39, 0.29) is 29.5 Å². The molecular formula is C10H14N2O5S. The second kappa shape index (κ2) is 4.27. The van der Waals surface area contributed by atoms with Gasteiger partial charge in [-0.25, -0.2) is 13.2 Å². The van der Waals surface area contributed by atoms with Crippen molar-refractivity contribution in [2.75, 3.05) is 11.5 Å². The summed E-state index contributed by atoms with van der Waals surface area (Å²) in [5.41, 5.74) is -1.30. The van der Waals surface area contributed by atoms with Gasteiger partial charge in [0.05, 0.1) is 17.1 Å². The highest BCUT2D eigenvalue weighted by molar-refractivity contribution is 7.91. The van der Waals surface area contributed by atoms with Crippen LogP contribution in [-0.2, 0) is 16.4 Å². The van der Waals surface area contributed by atoms with Crippen LogP contribution in [-0.4, -0.2) is 34.6 Å². The predicted octanol–water partition coefficient (Wildman–Crippen LogP) is -1.01. The quantitative estimate of drug-likeness (QED) is 0.718. The predicted molar refractivity (Wildman–Crippen MR) is 64.5 cm³/mol. The van der Waals surface area contributed by atoms with Gasteiger partial charge >= 0.3 is 5.69 Å². The van der Waals surface area contributed by atoms with Crippen molar-refractivity contribution in [1.29, 1.82) is 0 Å². The van der Waals surface area contributed by atoms with Crippen molar-refractivity contribution in [3.63, 3.8) is 0 Å². The summed E-state index contributed by atoms with van der Waals surface area (Å²) in [6, 6.07) is 0. The van der Waals surface area contributed by atoms with Crippen LogP contribution in [0.5, 0.6) is 5.88 Å². The Bertz CT molecular complexity index is 685. The van der Waals surface area contributed by atoms with Gasteiger partial charge in [0.2, 0.25) is 5.88 Å². The normalized spacial score (nSPS) is 22.2. The van der Waals surface area contributed by atoms with E-state index >= 15 is 0 Å². The topological polar surface area (TPSA) is 109 Å². The van der Waals surface area contributed by atoms with Crippen molar-refractivity contribution in [3.8, 4) is 5.88 Å². The Morgan fingerprint density at radius 1 is 1.44 bits per heavy atom. The third-order valence-electron chi connectivity index (χ3n) is 3.16. The Labute approximate surface area is 103 Å². The molecule has 2 heterocycles. The van der Waals surface area contributed by atoms with Gasteiger partial charge in [-0.05, 0) is 19.3 Å². The van der Waals surface area contributed by atoms with E-state index in [0.29, 0.717) is 6.42 Å². The second-order valence-electron chi connectivity index (χ2n) is 4.59. The maximum absolute atomic E-state index is 11.6. The molecule has 0 amide bonds. The van der Waals surface area contributed by atoms with Crippen LogP contribution in [0.25, 0.3) is 0 Å². The standard InChI is InChI=1S/C10H14N2O5S/c1-6-8(13)11-10(15)12(9(6)14)4-7-2-3-18(16,17)5-7/h7,14H,2-5H2,1H3,(H,11,13,15). The molecule has 1 unspecified atom stereocenters. The molecule has 2 rings (SSSR count). The molecule has 1 aliphatic rings. The molecule has 8 heteroatoms.